The average molecular weight is 727 g/mol. The summed E-state index contributed by atoms with van der Waals surface area (Å²) in [7, 11) is -4.02. The van der Waals surface area contributed by atoms with Gasteiger partial charge in [0.2, 0.25) is 0 Å². The first-order valence-electron chi connectivity index (χ1n) is 19.0. The highest BCUT2D eigenvalue weighted by molar-refractivity contribution is 7.05. The van der Waals surface area contributed by atoms with E-state index in [9.17, 15) is 0 Å². The van der Waals surface area contributed by atoms with E-state index in [0.29, 0.717) is 0 Å². The van der Waals surface area contributed by atoms with Crippen molar-refractivity contribution in [1.82, 2.24) is 0 Å². The number of rotatable bonds is 6. The van der Waals surface area contributed by atoms with E-state index in [4.69, 9.17) is 0 Å². The van der Waals surface area contributed by atoms with Crippen molar-refractivity contribution in [2.75, 3.05) is 9.80 Å². The predicted octanol–water partition coefficient (Wildman–Crippen LogP) is 11.4. The third-order valence-corrected chi connectivity index (χ3v) is 19.1. The van der Waals surface area contributed by atoms with Crippen LogP contribution in [0.2, 0.25) is 26.2 Å². The van der Waals surface area contributed by atoms with Gasteiger partial charge in [-0.15, -0.1) is 0 Å². The monoisotopic (exact) mass is 726 g/mol. The van der Waals surface area contributed by atoms with Gasteiger partial charge in [-0.3, -0.25) is 0 Å². The second-order valence-corrected chi connectivity index (χ2v) is 24.4. The normalized spacial score (nSPS) is 14.2. The molecule has 0 saturated carbocycles. The highest BCUT2D eigenvalue weighted by Crippen LogP contribution is 2.43. The lowest BCUT2D eigenvalue weighted by atomic mass is 9.92. The Labute approximate surface area is 320 Å². The number of fused-ring (bicyclic) bond motifs is 9. The van der Waals surface area contributed by atoms with Crippen LogP contribution in [0, 0.1) is 0 Å². The molecule has 0 atom stereocenters. The Bertz CT molecular complexity index is 2440. The van der Waals surface area contributed by atoms with Crippen LogP contribution < -0.4 is 30.5 Å². The lowest BCUT2D eigenvalue weighted by Crippen LogP contribution is -2.49. The van der Waals surface area contributed by atoms with Crippen molar-refractivity contribution in [2.24, 2.45) is 0 Å². The smallest absolute Gasteiger partial charge is 0.113 e. The molecule has 0 fully saturated rings. The van der Waals surface area contributed by atoms with Gasteiger partial charge in [0.05, 0.1) is 0 Å². The van der Waals surface area contributed by atoms with Crippen molar-refractivity contribution in [1.29, 1.82) is 0 Å². The molecule has 10 rings (SSSR count). The van der Waals surface area contributed by atoms with Gasteiger partial charge in [0.15, 0.2) is 0 Å². The van der Waals surface area contributed by atoms with Crippen molar-refractivity contribution in [3.8, 4) is 22.3 Å². The van der Waals surface area contributed by atoms with E-state index in [1.54, 1.807) is 10.4 Å². The minimum atomic E-state index is -2.01. The first kappa shape index (κ1) is 32.7. The molecular formula is C50H42N2Si2. The maximum Gasteiger partial charge on any atom is 0.113 e. The van der Waals surface area contributed by atoms with Gasteiger partial charge < -0.3 is 9.80 Å². The summed E-state index contributed by atoms with van der Waals surface area (Å²) in [6.07, 6.45) is 0. The number of hydrogen-bond acceptors (Lipinski definition) is 2. The number of nitrogens with zero attached hydrogens (tertiary/aromatic N) is 2. The predicted molar refractivity (Wildman–Crippen MR) is 238 cm³/mol. The van der Waals surface area contributed by atoms with Crippen LogP contribution in [0.3, 0.4) is 0 Å². The van der Waals surface area contributed by atoms with E-state index < -0.39 is 16.1 Å². The molecule has 0 spiro atoms. The summed E-state index contributed by atoms with van der Waals surface area (Å²) in [5, 5.41) is 8.89. The third kappa shape index (κ3) is 4.90. The quantitative estimate of drug-likeness (QED) is 0.157. The van der Waals surface area contributed by atoms with E-state index in [0.717, 1.165) is 0 Å². The van der Waals surface area contributed by atoms with Crippen LogP contribution in [-0.4, -0.2) is 16.1 Å². The molecule has 0 N–H and O–H groups in total. The molecule has 2 aliphatic heterocycles. The summed E-state index contributed by atoms with van der Waals surface area (Å²) in [4.78, 5) is 4.79. The molecule has 8 aromatic rings. The van der Waals surface area contributed by atoms with E-state index in [-0.39, 0.29) is 0 Å². The van der Waals surface area contributed by atoms with E-state index in [1.807, 2.05) is 0 Å². The molecular weight excluding hydrogens is 685 g/mol. The second kappa shape index (κ2) is 12.3. The molecule has 4 heteroatoms. The van der Waals surface area contributed by atoms with Crippen LogP contribution in [0.15, 0.2) is 182 Å². The number of benzene rings is 8. The Balaban J connectivity index is 1.12. The molecule has 0 bridgehead atoms. The fraction of sp³-hybridized carbons (Fsp3) is 0.0800. The summed E-state index contributed by atoms with van der Waals surface area (Å²) in [5.41, 5.74) is 12.8. The zero-order chi connectivity index (χ0) is 36.6. The van der Waals surface area contributed by atoms with Gasteiger partial charge in [-0.1, -0.05) is 135 Å². The molecule has 2 nitrogen and oxygen atoms in total. The lowest BCUT2D eigenvalue weighted by Gasteiger charge is -2.27. The number of para-hydroxylation sites is 4. The molecule has 2 heterocycles. The van der Waals surface area contributed by atoms with Crippen LogP contribution >= 0.6 is 0 Å². The molecule has 54 heavy (non-hydrogen) atoms. The largest absolute Gasteiger partial charge is 0.311 e. The van der Waals surface area contributed by atoms with Crippen molar-refractivity contribution < 1.29 is 0 Å². The van der Waals surface area contributed by atoms with Gasteiger partial charge in [-0.05, 0) is 127 Å². The molecule has 2 aliphatic rings. The Morgan fingerprint density at radius 2 is 0.611 bits per heavy atom. The maximum absolute atomic E-state index is 2.54. The first-order valence-corrected chi connectivity index (χ1v) is 25.0. The summed E-state index contributed by atoms with van der Waals surface area (Å²) in [6, 6.07) is 67.4. The summed E-state index contributed by atoms with van der Waals surface area (Å²) < 4.78 is 0. The highest BCUT2D eigenvalue weighted by Gasteiger charge is 2.42. The van der Waals surface area contributed by atoms with Crippen LogP contribution in [-0.2, 0) is 0 Å². The topological polar surface area (TPSA) is 6.48 Å². The van der Waals surface area contributed by atoms with Gasteiger partial charge in [0, 0.05) is 34.1 Å². The molecule has 0 aromatic heterocycles. The van der Waals surface area contributed by atoms with Gasteiger partial charge in [0.25, 0.3) is 0 Å². The zero-order valence-electron chi connectivity index (χ0n) is 31.2. The van der Waals surface area contributed by atoms with Crippen LogP contribution in [0.1, 0.15) is 0 Å². The van der Waals surface area contributed by atoms with Crippen molar-refractivity contribution in [3.63, 3.8) is 0 Å². The Morgan fingerprint density at radius 3 is 0.926 bits per heavy atom. The minimum absolute atomic E-state index is 1.17. The Kier molecular flexibility index (Phi) is 7.45. The van der Waals surface area contributed by atoms with E-state index in [1.165, 1.54) is 77.5 Å². The third-order valence-electron chi connectivity index (χ3n) is 12.0. The fourth-order valence-corrected chi connectivity index (χ4v) is 15.5. The molecule has 0 saturated heterocycles. The molecule has 8 aromatic carbocycles. The van der Waals surface area contributed by atoms with Crippen molar-refractivity contribution >= 4 is 81.8 Å². The highest BCUT2D eigenvalue weighted by atomic mass is 28.3. The standard InChI is InChI=1S/C50H42N2Si2/c1-53(2)45-31-29-42-41(49(45)43-27-25-39(33-47(43)53)51(35-17-9-5-10-18-35)36-19-11-6-12-20-36)30-32-46-50(42)44-28-26-40(34-48(44)54(46,3)4)52(37-21-13-7-14-22-37)38-23-15-8-16-24-38/h5-34H,1-4H3. The Hall–Kier alpha value is -5.95. The number of hydrogen-bond donors (Lipinski definition) is 0. The maximum atomic E-state index is 2.54. The molecule has 0 amide bonds. The second-order valence-electron chi connectivity index (χ2n) is 15.8. The minimum Gasteiger partial charge on any atom is -0.311 e. The van der Waals surface area contributed by atoms with Crippen LogP contribution in [0.5, 0.6) is 0 Å². The zero-order valence-corrected chi connectivity index (χ0v) is 33.2. The Morgan fingerprint density at radius 1 is 0.296 bits per heavy atom. The fourth-order valence-electron chi connectivity index (χ4n) is 9.33. The van der Waals surface area contributed by atoms with E-state index >= 15 is 0 Å². The van der Waals surface area contributed by atoms with Gasteiger partial charge in [-0.25, -0.2) is 0 Å². The van der Waals surface area contributed by atoms with Gasteiger partial charge >= 0.3 is 0 Å². The lowest BCUT2D eigenvalue weighted by molar-refractivity contribution is 1.29. The van der Waals surface area contributed by atoms with Crippen LogP contribution in [0.25, 0.3) is 33.0 Å². The summed E-state index contributed by atoms with van der Waals surface area (Å²) in [5.74, 6) is 0. The molecule has 0 aliphatic carbocycles. The summed E-state index contributed by atoms with van der Waals surface area (Å²) >= 11 is 0. The average Bonchev–Trinajstić information content (AvgIpc) is 3.59. The summed E-state index contributed by atoms with van der Waals surface area (Å²) in [6.45, 7) is 10.1. The van der Waals surface area contributed by atoms with Gasteiger partial charge in [-0.2, -0.15) is 0 Å². The SMILES string of the molecule is C[Si]1(C)c2cc(N(c3ccccc3)c3ccccc3)ccc2-c2c1ccc1c3c(ccc21)[Si](C)(C)c1cc(N(c2ccccc2)c2ccccc2)ccc1-3. The number of anilines is 6. The molecule has 0 radical (unpaired) electrons. The molecule has 0 unspecified atom stereocenters. The van der Waals surface area contributed by atoms with Crippen LogP contribution in [0.4, 0.5) is 34.1 Å². The molecule has 260 valence electrons. The van der Waals surface area contributed by atoms with Gasteiger partial charge in [0.1, 0.15) is 16.1 Å². The van der Waals surface area contributed by atoms with Crippen molar-refractivity contribution in [3.05, 3.63) is 182 Å². The van der Waals surface area contributed by atoms with E-state index in [2.05, 4.69) is 218 Å². The van der Waals surface area contributed by atoms with Crippen molar-refractivity contribution in [2.45, 2.75) is 26.2 Å². The first-order chi connectivity index (χ1) is 26.3.